The molecule has 128 valence electrons. The molecule has 24 heavy (non-hydrogen) atoms. The van der Waals surface area contributed by atoms with Crippen LogP contribution in [0.25, 0.3) is 0 Å². The summed E-state index contributed by atoms with van der Waals surface area (Å²) in [6.07, 6.45) is 0.148. The summed E-state index contributed by atoms with van der Waals surface area (Å²) in [4.78, 5) is 0. The van der Waals surface area contributed by atoms with Gasteiger partial charge in [-0.25, -0.2) is 0 Å². The van der Waals surface area contributed by atoms with E-state index >= 15 is 0 Å². The molecule has 0 bridgehead atoms. The van der Waals surface area contributed by atoms with Gasteiger partial charge in [-0.2, -0.15) is 0 Å². The largest absolute Gasteiger partial charge is 0.823 e. The number of hydrogen-bond donors (Lipinski definition) is 0. The predicted octanol–water partition coefficient (Wildman–Crippen LogP) is 4.13. The van der Waals surface area contributed by atoms with Crippen molar-refractivity contribution in [2.24, 2.45) is 0 Å². The number of rotatable bonds is 4. The summed E-state index contributed by atoms with van der Waals surface area (Å²) in [5, 5.41) is 13.9. The zero-order chi connectivity index (χ0) is 18.0. The molecule has 0 saturated carbocycles. The van der Waals surface area contributed by atoms with Gasteiger partial charge >= 0.3 is 0 Å². The van der Waals surface area contributed by atoms with Gasteiger partial charge in [-0.1, -0.05) is 14.3 Å². The Morgan fingerprint density at radius 2 is 1.58 bits per heavy atom. The van der Waals surface area contributed by atoms with Crippen LogP contribution in [0, 0.1) is 34.6 Å². The van der Waals surface area contributed by atoms with Crippen LogP contribution >= 0.6 is 8.20 Å². The Morgan fingerprint density at radius 1 is 0.917 bits per heavy atom. The monoisotopic (exact) mass is 341 g/mol. The molecule has 0 radical (unpaired) electrons. The van der Waals surface area contributed by atoms with E-state index in [1.807, 2.05) is 52.8 Å². The van der Waals surface area contributed by atoms with E-state index in [4.69, 9.17) is 4.74 Å². The van der Waals surface area contributed by atoms with Crippen molar-refractivity contribution in [3.8, 4) is 5.75 Å². The van der Waals surface area contributed by atoms with Crippen molar-refractivity contribution in [1.82, 2.24) is 0 Å². The van der Waals surface area contributed by atoms with Crippen molar-refractivity contribution < 1.29 is 9.84 Å². The van der Waals surface area contributed by atoms with E-state index in [1.54, 1.807) is 0 Å². The highest BCUT2D eigenvalue weighted by Gasteiger charge is 2.08. The SMILES string of the molecule is Cc1cc(OC(C)C)ccc1P=C([O-])c1c(C)cc(C)c(C)c1C. The van der Waals surface area contributed by atoms with E-state index in [-0.39, 0.29) is 11.6 Å². The molecule has 2 rings (SSSR count). The Hall–Kier alpha value is -1.63. The van der Waals surface area contributed by atoms with Crippen LogP contribution in [-0.4, -0.2) is 11.6 Å². The van der Waals surface area contributed by atoms with Crippen molar-refractivity contribution in [3.63, 3.8) is 0 Å². The summed E-state index contributed by atoms with van der Waals surface area (Å²) in [6.45, 7) is 14.3. The second kappa shape index (κ2) is 7.51. The van der Waals surface area contributed by atoms with Gasteiger partial charge in [0.05, 0.1) is 6.10 Å². The Bertz CT molecular complexity index is 789. The Kier molecular flexibility index (Phi) is 5.85. The van der Waals surface area contributed by atoms with Gasteiger partial charge < -0.3 is 9.84 Å². The van der Waals surface area contributed by atoms with Gasteiger partial charge in [-0.05, 0) is 100 Å². The highest BCUT2D eigenvalue weighted by Crippen LogP contribution is 2.24. The molecule has 0 aliphatic heterocycles. The lowest BCUT2D eigenvalue weighted by atomic mass is 9.95. The highest BCUT2D eigenvalue weighted by molar-refractivity contribution is 7.49. The van der Waals surface area contributed by atoms with Gasteiger partial charge in [0.2, 0.25) is 0 Å². The Morgan fingerprint density at radius 3 is 2.17 bits per heavy atom. The van der Waals surface area contributed by atoms with Crippen LogP contribution in [0.5, 0.6) is 5.75 Å². The van der Waals surface area contributed by atoms with Gasteiger partial charge in [0.25, 0.3) is 0 Å². The summed E-state index contributed by atoms with van der Waals surface area (Å²) in [7, 11) is 0.719. The van der Waals surface area contributed by atoms with Gasteiger partial charge in [0.1, 0.15) is 5.75 Å². The number of benzene rings is 2. The molecule has 2 aromatic rings. The quantitative estimate of drug-likeness (QED) is 0.784. The maximum atomic E-state index is 12.9. The lowest BCUT2D eigenvalue weighted by Gasteiger charge is -2.21. The lowest BCUT2D eigenvalue weighted by molar-refractivity contribution is -0.207. The van der Waals surface area contributed by atoms with E-state index < -0.39 is 0 Å². The molecule has 0 aliphatic rings. The van der Waals surface area contributed by atoms with E-state index in [9.17, 15) is 5.11 Å². The minimum atomic E-state index is 0.148. The first-order valence-electron chi connectivity index (χ1n) is 8.31. The van der Waals surface area contributed by atoms with Crippen molar-refractivity contribution >= 4 is 19.0 Å². The zero-order valence-electron chi connectivity index (χ0n) is 15.7. The van der Waals surface area contributed by atoms with Crippen molar-refractivity contribution in [2.75, 3.05) is 0 Å². The summed E-state index contributed by atoms with van der Waals surface area (Å²) >= 11 is 0. The normalized spacial score (nSPS) is 12.0. The second-order valence-corrected chi connectivity index (χ2v) is 7.78. The fourth-order valence-electron chi connectivity index (χ4n) is 2.88. The topological polar surface area (TPSA) is 32.3 Å². The average molecular weight is 341 g/mol. The Labute approximate surface area is 147 Å². The minimum Gasteiger partial charge on any atom is -0.823 e. The lowest BCUT2D eigenvalue weighted by Crippen LogP contribution is -2.21. The fraction of sp³-hybridized carbons (Fsp3) is 0.381. The molecule has 0 saturated heterocycles. The van der Waals surface area contributed by atoms with E-state index in [1.165, 1.54) is 11.1 Å². The summed E-state index contributed by atoms with van der Waals surface area (Å²) in [6, 6.07) is 8.06. The minimum absolute atomic E-state index is 0.148. The first-order valence-corrected chi connectivity index (χ1v) is 9.21. The summed E-state index contributed by atoms with van der Waals surface area (Å²) in [5.74, 6) is 0.854. The smallest absolute Gasteiger partial charge is 0.120 e. The molecular weight excluding hydrogens is 315 g/mol. The van der Waals surface area contributed by atoms with Crippen LogP contribution < -0.4 is 15.1 Å². The third kappa shape index (κ3) is 4.06. The van der Waals surface area contributed by atoms with E-state index in [0.717, 1.165) is 41.5 Å². The highest BCUT2D eigenvalue weighted by atomic mass is 31.1. The second-order valence-electron chi connectivity index (χ2n) is 6.67. The number of aryl methyl sites for hydroxylation is 3. The van der Waals surface area contributed by atoms with Crippen molar-refractivity contribution in [2.45, 2.75) is 54.6 Å². The molecule has 0 unspecified atom stereocenters. The average Bonchev–Trinajstić information content (AvgIpc) is 2.47. The molecule has 0 fully saturated rings. The van der Waals surface area contributed by atoms with Crippen molar-refractivity contribution in [3.05, 3.63) is 57.6 Å². The molecule has 0 N–H and O–H groups in total. The third-order valence-electron chi connectivity index (χ3n) is 4.33. The predicted molar refractivity (Wildman–Crippen MR) is 103 cm³/mol. The fourth-order valence-corrected chi connectivity index (χ4v) is 3.94. The number of ether oxygens (including phenoxy) is 1. The molecule has 3 heteroatoms. The maximum absolute atomic E-state index is 12.9. The standard InChI is InChI=1S/C21H27O2P/c1-12(2)23-18-8-9-19(14(4)11-18)24-21(22)20-15(5)10-13(3)16(6)17(20)7/h8-12,22H,1-7H3/p-1. The van der Waals surface area contributed by atoms with Gasteiger partial charge in [0.15, 0.2) is 0 Å². The molecular formula is C21H26O2P-. The molecule has 0 aliphatic carbocycles. The first kappa shape index (κ1) is 18.7. The molecule has 0 spiro atoms. The van der Waals surface area contributed by atoms with Crippen LogP contribution in [0.1, 0.15) is 47.2 Å². The molecule has 0 heterocycles. The maximum Gasteiger partial charge on any atom is 0.120 e. The third-order valence-corrected chi connectivity index (χ3v) is 5.50. The number of hydrogen-bond acceptors (Lipinski definition) is 2. The molecule has 0 amide bonds. The summed E-state index contributed by atoms with van der Waals surface area (Å²) < 4.78 is 5.72. The van der Waals surface area contributed by atoms with Crippen LogP contribution in [0.15, 0.2) is 24.3 Å². The van der Waals surface area contributed by atoms with E-state index in [0.29, 0.717) is 0 Å². The Balaban J connectivity index is 2.44. The van der Waals surface area contributed by atoms with Crippen LogP contribution in [0.2, 0.25) is 0 Å². The molecule has 0 aromatic heterocycles. The van der Waals surface area contributed by atoms with Gasteiger partial charge in [0, 0.05) is 5.30 Å². The van der Waals surface area contributed by atoms with Crippen LogP contribution in [-0.2, 0) is 0 Å². The van der Waals surface area contributed by atoms with Crippen molar-refractivity contribution in [1.29, 1.82) is 0 Å². The van der Waals surface area contributed by atoms with Crippen LogP contribution in [0.4, 0.5) is 0 Å². The van der Waals surface area contributed by atoms with Gasteiger partial charge in [-0.15, -0.1) is 5.48 Å². The summed E-state index contributed by atoms with van der Waals surface area (Å²) in [5.41, 5.74) is 6.71. The molecule has 2 nitrogen and oxygen atoms in total. The van der Waals surface area contributed by atoms with Gasteiger partial charge in [-0.3, -0.25) is 0 Å². The van der Waals surface area contributed by atoms with Crippen LogP contribution in [0.3, 0.4) is 0 Å². The first-order chi connectivity index (χ1) is 11.2. The molecule has 0 atom stereocenters. The zero-order valence-corrected chi connectivity index (χ0v) is 16.5. The molecule has 2 aromatic carbocycles. The van der Waals surface area contributed by atoms with E-state index in [2.05, 4.69) is 19.9 Å².